The minimum Gasteiger partial charge on any atom is -0.497 e. The van der Waals surface area contributed by atoms with Gasteiger partial charge in [0.15, 0.2) is 0 Å². The number of ether oxygens (including phenoxy) is 1. The van der Waals surface area contributed by atoms with Crippen molar-refractivity contribution in [3.05, 3.63) is 39.8 Å². The molecule has 1 saturated heterocycles. The number of aryl methyl sites for hydroxylation is 1. The molecule has 0 radical (unpaired) electrons. The van der Waals surface area contributed by atoms with Crippen LogP contribution in [0.15, 0.2) is 24.3 Å². The second-order valence-electron chi connectivity index (χ2n) is 6.16. The third-order valence-corrected chi connectivity index (χ3v) is 5.75. The number of urea groups is 1. The number of piperidine rings is 1. The summed E-state index contributed by atoms with van der Waals surface area (Å²) >= 11 is 1.71. The van der Waals surface area contributed by atoms with Crippen LogP contribution in [0.3, 0.4) is 0 Å². The average molecular weight is 360 g/mol. The number of likely N-dealkylation sites (tertiary alicyclic amines) is 1. The van der Waals surface area contributed by atoms with Crippen LogP contribution in [-0.2, 0) is 13.0 Å². The van der Waals surface area contributed by atoms with Gasteiger partial charge in [0.2, 0.25) is 0 Å². The molecule has 2 aromatic rings. The first kappa shape index (κ1) is 17.7. The minimum atomic E-state index is 0.000721. The number of amides is 2. The first-order valence-corrected chi connectivity index (χ1v) is 9.49. The molecular formula is C18H24N4O2S. The van der Waals surface area contributed by atoms with Gasteiger partial charge in [-0.1, -0.05) is 19.1 Å². The standard InChI is InChI=1S/C18H24N4O2S/c1-3-16-20-21-17(25-16)14-8-10-22(11-9-14)18(23)19-12-13-4-6-15(24-2)7-5-13/h4-7,14H,3,8-12H2,1-2H3,(H,19,23). The molecule has 1 aliphatic rings. The van der Waals surface area contributed by atoms with Crippen LogP contribution >= 0.6 is 11.3 Å². The summed E-state index contributed by atoms with van der Waals surface area (Å²) in [5.41, 5.74) is 1.06. The molecule has 2 amide bonds. The second-order valence-corrected chi connectivity index (χ2v) is 7.25. The Morgan fingerprint density at radius 2 is 2.00 bits per heavy atom. The van der Waals surface area contributed by atoms with E-state index in [1.54, 1.807) is 18.4 Å². The number of methoxy groups -OCH3 is 1. The highest BCUT2D eigenvalue weighted by Crippen LogP contribution is 2.30. The van der Waals surface area contributed by atoms with Crippen molar-refractivity contribution in [2.75, 3.05) is 20.2 Å². The Bertz CT molecular complexity index is 693. The number of rotatable bonds is 5. The Labute approximate surface area is 152 Å². The Morgan fingerprint density at radius 1 is 1.28 bits per heavy atom. The van der Waals surface area contributed by atoms with E-state index >= 15 is 0 Å². The van der Waals surface area contributed by atoms with E-state index in [9.17, 15) is 4.79 Å². The molecule has 0 aliphatic carbocycles. The molecule has 1 fully saturated rings. The van der Waals surface area contributed by atoms with Crippen molar-refractivity contribution in [1.82, 2.24) is 20.4 Å². The van der Waals surface area contributed by atoms with Gasteiger partial charge in [-0.2, -0.15) is 0 Å². The molecule has 2 heterocycles. The van der Waals surface area contributed by atoms with Gasteiger partial charge >= 0.3 is 6.03 Å². The lowest BCUT2D eigenvalue weighted by Gasteiger charge is -2.31. The normalized spacial score (nSPS) is 15.2. The molecule has 3 rings (SSSR count). The zero-order chi connectivity index (χ0) is 17.6. The van der Waals surface area contributed by atoms with E-state index in [-0.39, 0.29) is 6.03 Å². The van der Waals surface area contributed by atoms with E-state index in [0.29, 0.717) is 12.5 Å². The van der Waals surface area contributed by atoms with Gasteiger partial charge in [0.1, 0.15) is 15.8 Å². The largest absolute Gasteiger partial charge is 0.497 e. The fraction of sp³-hybridized carbons (Fsp3) is 0.500. The molecule has 0 bridgehead atoms. The molecule has 7 heteroatoms. The number of nitrogens with one attached hydrogen (secondary N) is 1. The summed E-state index contributed by atoms with van der Waals surface area (Å²) in [5.74, 6) is 1.25. The summed E-state index contributed by atoms with van der Waals surface area (Å²) in [4.78, 5) is 14.2. The number of hydrogen-bond acceptors (Lipinski definition) is 5. The van der Waals surface area contributed by atoms with E-state index in [4.69, 9.17) is 4.74 Å². The predicted molar refractivity (Wildman–Crippen MR) is 98.1 cm³/mol. The number of carbonyl (C=O) groups excluding carboxylic acids is 1. The number of aromatic nitrogens is 2. The van der Waals surface area contributed by atoms with Crippen molar-refractivity contribution in [1.29, 1.82) is 0 Å². The van der Waals surface area contributed by atoms with Crippen LogP contribution in [-0.4, -0.2) is 41.3 Å². The van der Waals surface area contributed by atoms with Crippen molar-refractivity contribution in [3.8, 4) is 5.75 Å². The monoisotopic (exact) mass is 360 g/mol. The van der Waals surface area contributed by atoms with Crippen molar-refractivity contribution in [2.24, 2.45) is 0 Å². The first-order valence-electron chi connectivity index (χ1n) is 8.67. The Morgan fingerprint density at radius 3 is 2.60 bits per heavy atom. The number of hydrogen-bond donors (Lipinski definition) is 1. The molecule has 0 unspecified atom stereocenters. The van der Waals surface area contributed by atoms with E-state index in [2.05, 4.69) is 22.4 Å². The third kappa shape index (κ3) is 4.48. The molecule has 1 aromatic carbocycles. The Hall–Kier alpha value is -2.15. The third-order valence-electron chi connectivity index (χ3n) is 4.52. The van der Waals surface area contributed by atoms with Gasteiger partial charge in [-0.25, -0.2) is 4.79 Å². The summed E-state index contributed by atoms with van der Waals surface area (Å²) in [6, 6.07) is 7.73. The van der Waals surface area contributed by atoms with Crippen LogP contribution in [0.1, 0.15) is 41.3 Å². The number of benzene rings is 1. The van der Waals surface area contributed by atoms with Crippen LogP contribution in [0.4, 0.5) is 4.79 Å². The summed E-state index contributed by atoms with van der Waals surface area (Å²) in [5, 5.41) is 13.7. The van der Waals surface area contributed by atoms with Gasteiger partial charge in [-0.05, 0) is 37.0 Å². The molecule has 6 nitrogen and oxygen atoms in total. The molecule has 0 atom stereocenters. The highest BCUT2D eigenvalue weighted by molar-refractivity contribution is 7.11. The molecular weight excluding hydrogens is 336 g/mol. The highest BCUT2D eigenvalue weighted by atomic mass is 32.1. The van der Waals surface area contributed by atoms with Crippen LogP contribution in [0, 0.1) is 0 Å². The summed E-state index contributed by atoms with van der Waals surface area (Å²) < 4.78 is 5.14. The second kappa shape index (κ2) is 8.29. The lowest BCUT2D eigenvalue weighted by Crippen LogP contribution is -2.43. The molecule has 0 saturated carbocycles. The fourth-order valence-electron chi connectivity index (χ4n) is 2.94. The maximum Gasteiger partial charge on any atom is 0.317 e. The summed E-state index contributed by atoms with van der Waals surface area (Å²) in [6.45, 7) is 4.15. The SMILES string of the molecule is CCc1nnc(C2CCN(C(=O)NCc3ccc(OC)cc3)CC2)s1. The van der Waals surface area contributed by atoms with Gasteiger partial charge in [-0.3, -0.25) is 0 Å². The molecule has 1 aliphatic heterocycles. The van der Waals surface area contributed by atoms with Crippen LogP contribution in [0.5, 0.6) is 5.75 Å². The van der Waals surface area contributed by atoms with Gasteiger partial charge in [0.25, 0.3) is 0 Å². The predicted octanol–water partition coefficient (Wildman–Crippen LogP) is 3.20. The summed E-state index contributed by atoms with van der Waals surface area (Å²) in [6.07, 6.45) is 2.84. The Balaban J connectivity index is 1.46. The fourth-order valence-corrected chi connectivity index (χ4v) is 3.89. The quantitative estimate of drug-likeness (QED) is 0.889. The van der Waals surface area contributed by atoms with Crippen molar-refractivity contribution < 1.29 is 9.53 Å². The lowest BCUT2D eigenvalue weighted by atomic mass is 9.98. The van der Waals surface area contributed by atoms with Gasteiger partial charge in [-0.15, -0.1) is 21.5 Å². The van der Waals surface area contributed by atoms with Crippen molar-refractivity contribution >= 4 is 17.4 Å². The van der Waals surface area contributed by atoms with E-state index in [1.165, 1.54) is 0 Å². The lowest BCUT2D eigenvalue weighted by molar-refractivity contribution is 0.181. The topological polar surface area (TPSA) is 67.4 Å². The molecule has 25 heavy (non-hydrogen) atoms. The molecule has 0 spiro atoms. The summed E-state index contributed by atoms with van der Waals surface area (Å²) in [7, 11) is 1.64. The van der Waals surface area contributed by atoms with Crippen molar-refractivity contribution in [3.63, 3.8) is 0 Å². The Kier molecular flexibility index (Phi) is 5.86. The maximum absolute atomic E-state index is 12.4. The number of carbonyl (C=O) groups is 1. The smallest absolute Gasteiger partial charge is 0.317 e. The molecule has 1 N–H and O–H groups in total. The molecule has 1 aromatic heterocycles. The maximum atomic E-state index is 12.4. The zero-order valence-electron chi connectivity index (χ0n) is 14.7. The van der Waals surface area contributed by atoms with E-state index in [1.807, 2.05) is 29.2 Å². The van der Waals surface area contributed by atoms with Crippen molar-refractivity contribution in [2.45, 2.75) is 38.6 Å². The van der Waals surface area contributed by atoms with Crippen LogP contribution in [0.2, 0.25) is 0 Å². The first-order chi connectivity index (χ1) is 12.2. The zero-order valence-corrected chi connectivity index (χ0v) is 15.5. The average Bonchev–Trinajstić information content (AvgIpc) is 3.16. The van der Waals surface area contributed by atoms with Gasteiger partial charge in [0.05, 0.1) is 7.11 Å². The highest BCUT2D eigenvalue weighted by Gasteiger charge is 2.25. The molecule has 134 valence electrons. The van der Waals surface area contributed by atoms with Crippen LogP contribution < -0.4 is 10.1 Å². The van der Waals surface area contributed by atoms with E-state index < -0.39 is 0 Å². The van der Waals surface area contributed by atoms with Gasteiger partial charge < -0.3 is 15.0 Å². The van der Waals surface area contributed by atoms with Crippen LogP contribution in [0.25, 0.3) is 0 Å². The van der Waals surface area contributed by atoms with Gasteiger partial charge in [0, 0.05) is 25.6 Å². The van der Waals surface area contributed by atoms with E-state index in [0.717, 1.165) is 53.7 Å². The minimum absolute atomic E-state index is 0.000721. The number of nitrogens with zero attached hydrogens (tertiary/aromatic N) is 3.